The number of aryl methyl sites for hydroxylation is 1. The number of pyridine rings is 1. The molecule has 8 heteroatoms. The van der Waals surface area contributed by atoms with E-state index in [9.17, 15) is 17.6 Å². The number of aromatic nitrogens is 2. The number of Topliss-reactive ketones (excluding diaryl/α,β-unsaturated/α-hetero) is 1. The van der Waals surface area contributed by atoms with Crippen LogP contribution in [0.2, 0.25) is 0 Å². The first-order valence-electron chi connectivity index (χ1n) is 11.8. The van der Waals surface area contributed by atoms with Crippen LogP contribution in [0.25, 0.3) is 22.3 Å². The maximum Gasteiger partial charge on any atom is 0.242 e. The van der Waals surface area contributed by atoms with E-state index in [4.69, 9.17) is 0 Å². The zero-order valence-electron chi connectivity index (χ0n) is 20.4. The molecule has 0 saturated heterocycles. The molecule has 0 spiro atoms. The summed E-state index contributed by atoms with van der Waals surface area (Å²) in [6.07, 6.45) is 5.71. The molecule has 1 saturated carbocycles. The zero-order chi connectivity index (χ0) is 24.8. The van der Waals surface area contributed by atoms with Crippen molar-refractivity contribution in [3.8, 4) is 11.4 Å². The van der Waals surface area contributed by atoms with E-state index in [2.05, 4.69) is 14.3 Å². The van der Waals surface area contributed by atoms with Gasteiger partial charge in [-0.25, -0.2) is 17.5 Å². The highest BCUT2D eigenvalue weighted by molar-refractivity contribution is 7.89. The topological polar surface area (TPSA) is 81.1 Å². The molecule has 1 aliphatic rings. The lowest BCUT2D eigenvalue weighted by molar-refractivity contribution is 0.0990. The number of nitrogens with one attached hydrogen (secondary N) is 1. The van der Waals surface area contributed by atoms with Crippen molar-refractivity contribution in [2.24, 2.45) is 0 Å². The molecule has 0 radical (unpaired) electrons. The van der Waals surface area contributed by atoms with Gasteiger partial charge in [-0.15, -0.1) is 0 Å². The third kappa shape index (κ3) is 4.53. The van der Waals surface area contributed by atoms with Gasteiger partial charge in [-0.05, 0) is 70.4 Å². The molecule has 1 aliphatic carbocycles. The Morgan fingerprint density at radius 1 is 1.21 bits per heavy atom. The van der Waals surface area contributed by atoms with Crippen LogP contribution in [-0.4, -0.2) is 29.3 Å². The average Bonchev–Trinajstić information content (AvgIpc) is 3.38. The number of carbonyl (C=O) groups is 1. The first-order valence-corrected chi connectivity index (χ1v) is 13.3. The van der Waals surface area contributed by atoms with Crippen LogP contribution in [0.5, 0.6) is 0 Å². The van der Waals surface area contributed by atoms with Crippen molar-refractivity contribution in [3.05, 3.63) is 47.4 Å². The van der Waals surface area contributed by atoms with Crippen LogP contribution in [0.15, 0.2) is 35.4 Å². The fraction of sp³-hybridized carbons (Fsp3) is 0.462. The van der Waals surface area contributed by atoms with Crippen LogP contribution in [-0.2, 0) is 10.0 Å². The van der Waals surface area contributed by atoms with Gasteiger partial charge in [-0.2, -0.15) is 0 Å². The van der Waals surface area contributed by atoms with Crippen molar-refractivity contribution in [3.63, 3.8) is 0 Å². The standard InChI is InChI=1S/C26H32FN3O3S/c1-6-23(31)24-19-14-20(27)16(2)13-22(19)30(17-9-7-8-10-17)25(24)21-12-11-18(15-28-21)34(32,33)29-26(3,4)5/h11-15,17,29H,6-10H2,1-5H3. The summed E-state index contributed by atoms with van der Waals surface area (Å²) in [6, 6.07) is 6.60. The van der Waals surface area contributed by atoms with Gasteiger partial charge in [0.1, 0.15) is 10.7 Å². The Kier molecular flexibility index (Phi) is 6.42. The van der Waals surface area contributed by atoms with Crippen molar-refractivity contribution < 1.29 is 17.6 Å². The molecule has 0 bridgehead atoms. The molecule has 6 nitrogen and oxygen atoms in total. The highest BCUT2D eigenvalue weighted by atomic mass is 32.2. The minimum absolute atomic E-state index is 0.0555. The lowest BCUT2D eigenvalue weighted by atomic mass is 10.0. The number of ketones is 1. The summed E-state index contributed by atoms with van der Waals surface area (Å²) >= 11 is 0. The molecule has 2 heterocycles. The third-order valence-electron chi connectivity index (χ3n) is 6.30. The maximum atomic E-state index is 14.6. The summed E-state index contributed by atoms with van der Waals surface area (Å²) in [7, 11) is -3.75. The van der Waals surface area contributed by atoms with Gasteiger partial charge in [0.15, 0.2) is 5.78 Å². The number of fused-ring (bicyclic) bond motifs is 1. The van der Waals surface area contributed by atoms with E-state index in [0.29, 0.717) is 27.9 Å². The Morgan fingerprint density at radius 2 is 1.88 bits per heavy atom. The predicted octanol–water partition coefficient (Wildman–Crippen LogP) is 5.94. The monoisotopic (exact) mass is 485 g/mol. The number of halogens is 1. The molecule has 182 valence electrons. The van der Waals surface area contributed by atoms with Crippen LogP contribution >= 0.6 is 0 Å². The Hall–Kier alpha value is -2.58. The summed E-state index contributed by atoms with van der Waals surface area (Å²) in [5.74, 6) is -0.441. The first-order chi connectivity index (χ1) is 15.9. The number of benzene rings is 1. The van der Waals surface area contributed by atoms with Crippen molar-refractivity contribution in [1.82, 2.24) is 14.3 Å². The molecular formula is C26H32FN3O3S. The number of carbonyl (C=O) groups excluding carboxylic acids is 1. The second kappa shape index (κ2) is 8.89. The van der Waals surface area contributed by atoms with Crippen LogP contribution in [0, 0.1) is 12.7 Å². The second-order valence-electron chi connectivity index (χ2n) is 10.2. The molecule has 2 aromatic heterocycles. The highest BCUT2D eigenvalue weighted by Crippen LogP contribution is 2.42. The zero-order valence-corrected chi connectivity index (χ0v) is 21.2. The summed E-state index contributed by atoms with van der Waals surface area (Å²) < 4.78 is 44.9. The minimum atomic E-state index is -3.75. The van der Waals surface area contributed by atoms with E-state index in [1.54, 1.807) is 40.7 Å². The smallest absolute Gasteiger partial charge is 0.242 e. The quantitative estimate of drug-likeness (QED) is 0.439. The van der Waals surface area contributed by atoms with Gasteiger partial charge >= 0.3 is 0 Å². The maximum absolute atomic E-state index is 14.6. The molecule has 1 fully saturated rings. The van der Waals surface area contributed by atoms with Gasteiger partial charge in [0, 0.05) is 29.6 Å². The Bertz CT molecular complexity index is 1350. The van der Waals surface area contributed by atoms with Crippen molar-refractivity contribution >= 4 is 26.7 Å². The van der Waals surface area contributed by atoms with E-state index in [0.717, 1.165) is 31.2 Å². The van der Waals surface area contributed by atoms with E-state index in [-0.39, 0.29) is 29.0 Å². The molecule has 34 heavy (non-hydrogen) atoms. The molecule has 0 unspecified atom stereocenters. The highest BCUT2D eigenvalue weighted by Gasteiger charge is 2.30. The Balaban J connectivity index is 1.96. The van der Waals surface area contributed by atoms with Gasteiger partial charge in [0.05, 0.1) is 22.5 Å². The summed E-state index contributed by atoms with van der Waals surface area (Å²) in [5, 5.41) is 0.588. The van der Waals surface area contributed by atoms with E-state index >= 15 is 0 Å². The molecule has 0 amide bonds. The Morgan fingerprint density at radius 3 is 2.44 bits per heavy atom. The van der Waals surface area contributed by atoms with Crippen molar-refractivity contribution in [1.29, 1.82) is 0 Å². The second-order valence-corrected chi connectivity index (χ2v) is 11.8. The molecule has 0 atom stereocenters. The molecule has 0 aliphatic heterocycles. The van der Waals surface area contributed by atoms with Crippen molar-refractivity contribution in [2.75, 3.05) is 0 Å². The van der Waals surface area contributed by atoms with Crippen LogP contribution in [0.3, 0.4) is 0 Å². The number of hydrogen-bond acceptors (Lipinski definition) is 4. The molecule has 1 N–H and O–H groups in total. The summed E-state index contributed by atoms with van der Waals surface area (Å²) in [4.78, 5) is 17.7. The molecule has 3 aromatic rings. The van der Waals surface area contributed by atoms with Gasteiger partial charge in [-0.3, -0.25) is 9.78 Å². The summed E-state index contributed by atoms with van der Waals surface area (Å²) in [6.45, 7) is 8.83. The van der Waals surface area contributed by atoms with Gasteiger partial charge in [0.25, 0.3) is 0 Å². The summed E-state index contributed by atoms with van der Waals surface area (Å²) in [5.41, 5.74) is 2.33. The fourth-order valence-electron chi connectivity index (χ4n) is 4.83. The lowest BCUT2D eigenvalue weighted by Gasteiger charge is -2.21. The molecule has 4 rings (SSSR count). The minimum Gasteiger partial charge on any atom is -0.335 e. The number of sulfonamides is 1. The predicted molar refractivity (Wildman–Crippen MR) is 132 cm³/mol. The van der Waals surface area contributed by atoms with Crippen LogP contribution in [0.4, 0.5) is 4.39 Å². The van der Waals surface area contributed by atoms with E-state index < -0.39 is 15.6 Å². The largest absolute Gasteiger partial charge is 0.335 e. The first kappa shape index (κ1) is 24.5. The fourth-order valence-corrected chi connectivity index (χ4v) is 6.19. The normalized spacial score (nSPS) is 15.4. The van der Waals surface area contributed by atoms with Gasteiger partial charge < -0.3 is 4.57 Å². The SMILES string of the molecule is CCC(=O)c1c(-c2ccc(S(=O)(=O)NC(C)(C)C)cn2)n(C2CCCC2)c2cc(C)c(F)cc12. The molecule has 1 aromatic carbocycles. The average molecular weight is 486 g/mol. The Labute approximate surface area is 200 Å². The number of rotatable bonds is 6. The van der Waals surface area contributed by atoms with Gasteiger partial charge in [-0.1, -0.05) is 19.8 Å². The number of hydrogen-bond donors (Lipinski definition) is 1. The van der Waals surface area contributed by atoms with E-state index in [1.807, 2.05) is 6.07 Å². The lowest BCUT2D eigenvalue weighted by Crippen LogP contribution is -2.40. The van der Waals surface area contributed by atoms with Crippen LogP contribution < -0.4 is 4.72 Å². The van der Waals surface area contributed by atoms with E-state index in [1.165, 1.54) is 18.3 Å². The van der Waals surface area contributed by atoms with Crippen molar-refractivity contribution in [2.45, 2.75) is 83.2 Å². The molecular weight excluding hydrogens is 453 g/mol. The number of nitrogens with zero attached hydrogens (tertiary/aromatic N) is 2. The van der Waals surface area contributed by atoms with Gasteiger partial charge in [0.2, 0.25) is 10.0 Å². The third-order valence-corrected chi connectivity index (χ3v) is 8.05. The van der Waals surface area contributed by atoms with Crippen LogP contribution in [0.1, 0.15) is 81.8 Å².